The zero-order valence-electron chi connectivity index (χ0n) is 16.5. The minimum absolute atomic E-state index is 0.965. The van der Waals surface area contributed by atoms with Crippen LogP contribution in [0, 0.1) is 6.92 Å². The average molecular weight is 394 g/mol. The van der Waals surface area contributed by atoms with E-state index in [1.165, 1.54) is 47.0 Å². The first-order chi connectivity index (χ1) is 13.8. The topological polar surface area (TPSA) is 37.2 Å². The van der Waals surface area contributed by atoms with Gasteiger partial charge in [-0.1, -0.05) is 18.2 Å². The summed E-state index contributed by atoms with van der Waals surface area (Å²) < 4.78 is 2.19. The van der Waals surface area contributed by atoms with Gasteiger partial charge in [0.1, 0.15) is 0 Å². The van der Waals surface area contributed by atoms with Crippen LogP contribution in [0.1, 0.15) is 35.5 Å². The van der Waals surface area contributed by atoms with Gasteiger partial charge in [0.15, 0.2) is 5.13 Å². The first-order valence-electron chi connectivity index (χ1n) is 10.3. The maximum Gasteiger partial charge on any atom is 0.185 e. The molecule has 5 nitrogen and oxygen atoms in total. The second-order valence-corrected chi connectivity index (χ2v) is 8.70. The molecule has 0 amide bonds. The third kappa shape index (κ3) is 3.47. The molecule has 2 aliphatic rings. The van der Waals surface area contributed by atoms with Crippen LogP contribution in [0.2, 0.25) is 0 Å². The Hall–Kier alpha value is -2.18. The molecule has 1 aliphatic heterocycles. The minimum Gasteiger partial charge on any atom is -0.347 e. The summed E-state index contributed by atoms with van der Waals surface area (Å²) in [5.74, 6) is 0. The number of rotatable bonds is 4. The van der Waals surface area contributed by atoms with Crippen LogP contribution >= 0.6 is 11.3 Å². The fourth-order valence-electron chi connectivity index (χ4n) is 4.44. The van der Waals surface area contributed by atoms with Crippen molar-refractivity contribution in [1.82, 2.24) is 19.7 Å². The van der Waals surface area contributed by atoms with E-state index in [2.05, 4.69) is 62.1 Å². The van der Waals surface area contributed by atoms with Gasteiger partial charge in [0.2, 0.25) is 0 Å². The van der Waals surface area contributed by atoms with Crippen molar-refractivity contribution in [2.24, 2.45) is 0 Å². The Bertz CT molecular complexity index is 945. The van der Waals surface area contributed by atoms with Gasteiger partial charge in [-0.25, -0.2) is 9.67 Å². The largest absolute Gasteiger partial charge is 0.347 e. The van der Waals surface area contributed by atoms with Crippen molar-refractivity contribution in [2.45, 2.75) is 39.2 Å². The van der Waals surface area contributed by atoms with Gasteiger partial charge in [-0.2, -0.15) is 5.10 Å². The predicted octanol–water partition coefficient (Wildman–Crippen LogP) is 3.84. The van der Waals surface area contributed by atoms with Crippen molar-refractivity contribution in [3.63, 3.8) is 0 Å². The van der Waals surface area contributed by atoms with Gasteiger partial charge < -0.3 is 4.90 Å². The molecular weight excluding hydrogens is 366 g/mol. The van der Waals surface area contributed by atoms with Crippen LogP contribution in [0.4, 0.5) is 5.13 Å². The lowest BCUT2D eigenvalue weighted by Crippen LogP contribution is -2.30. The molecule has 6 heteroatoms. The summed E-state index contributed by atoms with van der Waals surface area (Å²) in [5.41, 5.74) is 6.53. The summed E-state index contributed by atoms with van der Waals surface area (Å²) in [4.78, 5) is 9.71. The molecule has 0 saturated carbocycles. The normalized spacial score (nSPS) is 17.7. The second-order valence-electron chi connectivity index (χ2n) is 7.86. The molecule has 1 fully saturated rings. The SMILES string of the molecule is Cc1csc(N2CCCN(Cc3nn(-c4ccccc4)c4c3CCC4)CC2)n1. The number of thiazole rings is 1. The van der Waals surface area contributed by atoms with Gasteiger partial charge in [0.25, 0.3) is 0 Å². The molecule has 0 unspecified atom stereocenters. The minimum atomic E-state index is 0.965. The number of hydrogen-bond acceptors (Lipinski definition) is 5. The van der Waals surface area contributed by atoms with Crippen LogP contribution in [0.15, 0.2) is 35.7 Å². The summed E-state index contributed by atoms with van der Waals surface area (Å²) in [6, 6.07) is 10.6. The first-order valence-corrected chi connectivity index (χ1v) is 11.2. The monoisotopic (exact) mass is 393 g/mol. The fourth-order valence-corrected chi connectivity index (χ4v) is 5.30. The molecule has 2 aromatic heterocycles. The van der Waals surface area contributed by atoms with Crippen molar-refractivity contribution >= 4 is 16.5 Å². The Labute approximate surface area is 170 Å². The Kier molecular flexibility index (Phi) is 4.91. The molecule has 3 heterocycles. The molecular formula is C22H27N5S. The van der Waals surface area contributed by atoms with Gasteiger partial charge in [-0.05, 0) is 50.3 Å². The number of nitrogens with zero attached hydrogens (tertiary/aromatic N) is 5. The van der Waals surface area contributed by atoms with Gasteiger partial charge in [0.05, 0.1) is 17.1 Å². The molecule has 1 aromatic carbocycles. The number of fused-ring (bicyclic) bond motifs is 1. The van der Waals surface area contributed by atoms with Crippen LogP contribution in [0.5, 0.6) is 0 Å². The van der Waals surface area contributed by atoms with Crippen LogP contribution in [-0.2, 0) is 19.4 Å². The van der Waals surface area contributed by atoms with Crippen molar-refractivity contribution in [3.8, 4) is 5.69 Å². The average Bonchev–Trinajstić information content (AvgIpc) is 3.39. The highest BCUT2D eigenvalue weighted by Crippen LogP contribution is 2.29. The number of aromatic nitrogens is 3. The predicted molar refractivity (Wildman–Crippen MR) is 115 cm³/mol. The molecule has 0 N–H and O–H groups in total. The van der Waals surface area contributed by atoms with Crippen molar-refractivity contribution < 1.29 is 0 Å². The van der Waals surface area contributed by atoms with E-state index in [1.807, 2.05) is 0 Å². The molecule has 0 spiro atoms. The van der Waals surface area contributed by atoms with E-state index in [9.17, 15) is 0 Å². The highest BCUT2D eigenvalue weighted by atomic mass is 32.1. The van der Waals surface area contributed by atoms with Crippen molar-refractivity contribution in [3.05, 3.63) is 58.4 Å². The number of benzene rings is 1. The highest BCUT2D eigenvalue weighted by Gasteiger charge is 2.25. The molecule has 1 aliphatic carbocycles. The number of hydrogen-bond donors (Lipinski definition) is 0. The van der Waals surface area contributed by atoms with E-state index < -0.39 is 0 Å². The maximum absolute atomic E-state index is 5.06. The molecule has 0 atom stereocenters. The molecule has 1 saturated heterocycles. The zero-order valence-corrected chi connectivity index (χ0v) is 17.3. The number of anilines is 1. The summed E-state index contributed by atoms with van der Waals surface area (Å²) in [6.45, 7) is 7.40. The van der Waals surface area contributed by atoms with E-state index in [4.69, 9.17) is 5.10 Å². The Morgan fingerprint density at radius 3 is 2.71 bits per heavy atom. The van der Waals surface area contributed by atoms with Gasteiger partial charge in [-0.3, -0.25) is 4.90 Å². The molecule has 0 radical (unpaired) electrons. The van der Waals surface area contributed by atoms with Gasteiger partial charge in [-0.15, -0.1) is 11.3 Å². The Morgan fingerprint density at radius 1 is 1.00 bits per heavy atom. The van der Waals surface area contributed by atoms with Crippen molar-refractivity contribution in [2.75, 3.05) is 31.1 Å². The lowest BCUT2D eigenvalue weighted by Gasteiger charge is -2.21. The van der Waals surface area contributed by atoms with E-state index in [0.29, 0.717) is 0 Å². The van der Waals surface area contributed by atoms with E-state index in [1.54, 1.807) is 11.3 Å². The van der Waals surface area contributed by atoms with Crippen LogP contribution in [-0.4, -0.2) is 45.8 Å². The fraction of sp³-hybridized carbons (Fsp3) is 0.455. The van der Waals surface area contributed by atoms with E-state index in [-0.39, 0.29) is 0 Å². The van der Waals surface area contributed by atoms with Crippen LogP contribution in [0.3, 0.4) is 0 Å². The quantitative estimate of drug-likeness (QED) is 0.675. The van der Waals surface area contributed by atoms with Crippen LogP contribution in [0.25, 0.3) is 5.69 Å². The lowest BCUT2D eigenvalue weighted by molar-refractivity contribution is 0.280. The third-order valence-electron chi connectivity index (χ3n) is 5.85. The standard InChI is InChI=1S/C22H27N5S/c1-17-16-28-22(23-17)26-12-6-11-25(13-14-26)15-20-19-9-5-10-21(19)27(24-20)18-7-3-2-4-8-18/h2-4,7-8,16H,5-6,9-15H2,1H3. The summed E-state index contributed by atoms with van der Waals surface area (Å²) >= 11 is 1.77. The molecule has 0 bridgehead atoms. The van der Waals surface area contributed by atoms with Gasteiger partial charge in [0, 0.05) is 43.8 Å². The smallest absolute Gasteiger partial charge is 0.185 e. The van der Waals surface area contributed by atoms with Crippen LogP contribution < -0.4 is 4.90 Å². The van der Waals surface area contributed by atoms with Gasteiger partial charge >= 0.3 is 0 Å². The van der Waals surface area contributed by atoms with Crippen molar-refractivity contribution in [1.29, 1.82) is 0 Å². The lowest BCUT2D eigenvalue weighted by atomic mass is 10.2. The third-order valence-corrected chi connectivity index (χ3v) is 6.87. The Morgan fingerprint density at radius 2 is 1.89 bits per heavy atom. The molecule has 146 valence electrons. The maximum atomic E-state index is 5.06. The van der Waals surface area contributed by atoms with E-state index in [0.717, 1.165) is 44.8 Å². The number of para-hydroxylation sites is 1. The summed E-state index contributed by atoms with van der Waals surface area (Å²) in [5, 5.41) is 8.38. The number of aryl methyl sites for hydroxylation is 1. The highest BCUT2D eigenvalue weighted by molar-refractivity contribution is 7.13. The molecule has 28 heavy (non-hydrogen) atoms. The zero-order chi connectivity index (χ0) is 18.9. The Balaban J connectivity index is 1.33. The summed E-state index contributed by atoms with van der Waals surface area (Å²) in [6.07, 6.45) is 4.76. The molecule has 3 aromatic rings. The molecule has 5 rings (SSSR count). The van der Waals surface area contributed by atoms with E-state index >= 15 is 0 Å². The first kappa shape index (κ1) is 17.9. The summed E-state index contributed by atoms with van der Waals surface area (Å²) in [7, 11) is 0. The second kappa shape index (κ2) is 7.68.